The molecule has 4 rings (SSSR count). The number of carbonyl (C=O) groups is 2. The van der Waals surface area contributed by atoms with Crippen LogP contribution >= 0.6 is 11.3 Å². The monoisotopic (exact) mass is 410 g/mol. The summed E-state index contributed by atoms with van der Waals surface area (Å²) in [5.74, 6) is 0.505. The van der Waals surface area contributed by atoms with Gasteiger partial charge in [-0.2, -0.15) is 11.3 Å². The zero-order valence-corrected chi connectivity index (χ0v) is 16.7. The maximum absolute atomic E-state index is 12.6. The molecule has 0 saturated heterocycles. The molecule has 3 aromatic rings. The average molecular weight is 410 g/mol. The molecule has 1 unspecified atom stereocenters. The summed E-state index contributed by atoms with van der Waals surface area (Å²) in [5.41, 5.74) is 1.87. The highest BCUT2D eigenvalue weighted by molar-refractivity contribution is 7.08. The van der Waals surface area contributed by atoms with Crippen molar-refractivity contribution in [2.24, 2.45) is 0 Å². The summed E-state index contributed by atoms with van der Waals surface area (Å²) in [4.78, 5) is 25.1. The molecule has 2 heterocycles. The minimum atomic E-state index is -0.602. The van der Waals surface area contributed by atoms with Crippen molar-refractivity contribution in [2.75, 3.05) is 0 Å². The largest absolute Gasteiger partial charge is 0.421 e. The first-order valence-electron chi connectivity index (χ1n) is 9.66. The molecule has 0 bridgehead atoms. The Hall–Kier alpha value is -3.00. The number of hydrogen-bond donors (Lipinski definition) is 2. The summed E-state index contributed by atoms with van der Waals surface area (Å²) >= 11 is 1.55. The third-order valence-electron chi connectivity index (χ3n) is 4.66. The Balaban J connectivity index is 1.33. The van der Waals surface area contributed by atoms with Gasteiger partial charge in [0, 0.05) is 36.2 Å². The number of aromatic nitrogens is 2. The summed E-state index contributed by atoms with van der Waals surface area (Å²) in [6.45, 7) is 0. The molecule has 7 nitrogen and oxygen atoms in total. The summed E-state index contributed by atoms with van der Waals surface area (Å²) < 4.78 is 5.61. The molecule has 8 heteroatoms. The van der Waals surface area contributed by atoms with Crippen molar-refractivity contribution in [1.82, 2.24) is 20.8 Å². The van der Waals surface area contributed by atoms with Crippen LogP contribution in [0, 0.1) is 0 Å². The Bertz CT molecular complexity index is 951. The van der Waals surface area contributed by atoms with E-state index in [0.29, 0.717) is 24.6 Å². The minimum Gasteiger partial charge on any atom is -0.421 e. The summed E-state index contributed by atoms with van der Waals surface area (Å²) in [6.07, 6.45) is 2.95. The van der Waals surface area contributed by atoms with Crippen LogP contribution < -0.4 is 10.6 Å². The minimum absolute atomic E-state index is 0.137. The second kappa shape index (κ2) is 9.00. The van der Waals surface area contributed by atoms with Crippen LogP contribution in [0.2, 0.25) is 0 Å². The van der Waals surface area contributed by atoms with E-state index in [4.69, 9.17) is 4.42 Å². The van der Waals surface area contributed by atoms with Crippen LogP contribution in [0.15, 0.2) is 51.6 Å². The fourth-order valence-corrected chi connectivity index (χ4v) is 3.56. The third kappa shape index (κ3) is 5.51. The van der Waals surface area contributed by atoms with E-state index in [9.17, 15) is 9.59 Å². The predicted molar refractivity (Wildman–Crippen MR) is 109 cm³/mol. The third-order valence-corrected chi connectivity index (χ3v) is 5.34. The fourth-order valence-electron chi connectivity index (χ4n) is 2.93. The Labute approximate surface area is 172 Å². The molecular formula is C21H22N4O3S. The van der Waals surface area contributed by atoms with Gasteiger partial charge in [0.25, 0.3) is 0 Å². The van der Waals surface area contributed by atoms with Crippen LogP contribution in [0.25, 0.3) is 11.5 Å². The Morgan fingerprint density at radius 2 is 2.00 bits per heavy atom. The molecule has 2 aromatic heterocycles. The van der Waals surface area contributed by atoms with Gasteiger partial charge in [-0.1, -0.05) is 30.3 Å². The lowest BCUT2D eigenvalue weighted by molar-refractivity contribution is -0.129. The van der Waals surface area contributed by atoms with Crippen LogP contribution in [0.3, 0.4) is 0 Å². The highest BCUT2D eigenvalue weighted by Gasteiger charge is 2.28. The highest BCUT2D eigenvalue weighted by atomic mass is 32.1. The van der Waals surface area contributed by atoms with Crippen molar-refractivity contribution in [3.8, 4) is 11.5 Å². The first-order valence-corrected chi connectivity index (χ1v) is 10.6. The zero-order valence-electron chi connectivity index (χ0n) is 15.8. The Morgan fingerprint density at radius 1 is 1.17 bits per heavy atom. The van der Waals surface area contributed by atoms with Gasteiger partial charge in [0.2, 0.25) is 23.6 Å². The van der Waals surface area contributed by atoms with E-state index in [1.54, 1.807) is 11.3 Å². The maximum atomic E-state index is 12.6. The molecule has 1 fully saturated rings. The van der Waals surface area contributed by atoms with E-state index in [-0.39, 0.29) is 24.3 Å². The smallest absolute Gasteiger partial charge is 0.248 e. The van der Waals surface area contributed by atoms with Crippen molar-refractivity contribution in [2.45, 2.75) is 44.2 Å². The molecule has 2 amide bonds. The first-order chi connectivity index (χ1) is 14.2. The van der Waals surface area contributed by atoms with Crippen molar-refractivity contribution < 1.29 is 14.0 Å². The van der Waals surface area contributed by atoms with Gasteiger partial charge in [-0.25, -0.2) is 0 Å². The Kier molecular flexibility index (Phi) is 6.00. The number of carbonyl (C=O) groups excluding carboxylic acids is 2. The van der Waals surface area contributed by atoms with Gasteiger partial charge in [0.1, 0.15) is 6.04 Å². The lowest BCUT2D eigenvalue weighted by atomic mass is 10.0. The standard InChI is InChI=1S/C21H22N4O3S/c26-18(8-9-19-24-25-21(28-19)15-10-11-29-13-15)23-17(20(27)22-16-6-7-16)12-14-4-2-1-3-5-14/h1-5,10-11,13,16-17H,6-9,12H2,(H,22,27)(H,23,26). The number of benzene rings is 1. The molecule has 150 valence electrons. The normalized spacial score (nSPS) is 14.3. The second-order valence-electron chi connectivity index (χ2n) is 7.11. The number of nitrogens with one attached hydrogen (secondary N) is 2. The molecular weight excluding hydrogens is 388 g/mol. The first kappa shape index (κ1) is 19.3. The van der Waals surface area contributed by atoms with Crippen LogP contribution in [-0.4, -0.2) is 34.1 Å². The fraction of sp³-hybridized carbons (Fsp3) is 0.333. The average Bonchev–Trinajstić information content (AvgIpc) is 3.20. The number of amides is 2. The molecule has 1 aliphatic rings. The van der Waals surface area contributed by atoms with Crippen LogP contribution in [0.4, 0.5) is 0 Å². The van der Waals surface area contributed by atoms with Gasteiger partial charge in [-0.15, -0.1) is 10.2 Å². The summed E-state index contributed by atoms with van der Waals surface area (Å²) in [6, 6.07) is 11.2. The van der Waals surface area contributed by atoms with Crippen molar-refractivity contribution in [1.29, 1.82) is 0 Å². The van der Waals surface area contributed by atoms with Crippen LogP contribution in [0.1, 0.15) is 30.7 Å². The molecule has 1 aliphatic carbocycles. The summed E-state index contributed by atoms with van der Waals surface area (Å²) in [5, 5.41) is 17.7. The zero-order chi connectivity index (χ0) is 20.1. The number of thiophene rings is 1. The SMILES string of the molecule is O=C(CCc1nnc(-c2ccsc2)o1)NC(Cc1ccccc1)C(=O)NC1CC1. The van der Waals surface area contributed by atoms with Gasteiger partial charge in [0.05, 0.1) is 0 Å². The number of aryl methyl sites for hydroxylation is 1. The van der Waals surface area contributed by atoms with Gasteiger partial charge in [0.15, 0.2) is 0 Å². The van der Waals surface area contributed by atoms with Crippen molar-refractivity contribution in [3.05, 3.63) is 58.6 Å². The highest BCUT2D eigenvalue weighted by Crippen LogP contribution is 2.21. The molecule has 0 radical (unpaired) electrons. The van der Waals surface area contributed by atoms with E-state index in [1.165, 1.54) is 0 Å². The molecule has 0 aliphatic heterocycles. The Morgan fingerprint density at radius 3 is 2.72 bits per heavy atom. The van der Waals surface area contributed by atoms with E-state index in [1.807, 2.05) is 47.2 Å². The lowest BCUT2D eigenvalue weighted by Gasteiger charge is -2.18. The number of hydrogen-bond acceptors (Lipinski definition) is 6. The topological polar surface area (TPSA) is 97.1 Å². The second-order valence-corrected chi connectivity index (χ2v) is 7.89. The summed E-state index contributed by atoms with van der Waals surface area (Å²) in [7, 11) is 0. The quantitative estimate of drug-likeness (QED) is 0.565. The molecule has 0 spiro atoms. The van der Waals surface area contributed by atoms with Gasteiger partial charge in [-0.05, 0) is 29.9 Å². The maximum Gasteiger partial charge on any atom is 0.248 e. The van der Waals surface area contributed by atoms with Gasteiger partial charge in [-0.3, -0.25) is 9.59 Å². The van der Waals surface area contributed by atoms with Crippen LogP contribution in [0.5, 0.6) is 0 Å². The van der Waals surface area contributed by atoms with E-state index >= 15 is 0 Å². The molecule has 1 aromatic carbocycles. The van der Waals surface area contributed by atoms with E-state index in [0.717, 1.165) is 24.0 Å². The number of nitrogens with zero attached hydrogens (tertiary/aromatic N) is 2. The predicted octanol–water partition coefficient (Wildman–Crippen LogP) is 2.74. The van der Waals surface area contributed by atoms with Crippen LogP contribution in [-0.2, 0) is 22.4 Å². The van der Waals surface area contributed by atoms with Crippen molar-refractivity contribution in [3.63, 3.8) is 0 Å². The molecule has 1 saturated carbocycles. The molecule has 29 heavy (non-hydrogen) atoms. The lowest BCUT2D eigenvalue weighted by Crippen LogP contribution is -2.48. The van der Waals surface area contributed by atoms with Gasteiger partial charge < -0.3 is 15.1 Å². The molecule has 2 N–H and O–H groups in total. The van der Waals surface area contributed by atoms with E-state index < -0.39 is 6.04 Å². The number of rotatable bonds is 9. The van der Waals surface area contributed by atoms with Crippen molar-refractivity contribution >= 4 is 23.2 Å². The molecule has 1 atom stereocenters. The van der Waals surface area contributed by atoms with E-state index in [2.05, 4.69) is 20.8 Å². The van der Waals surface area contributed by atoms with Gasteiger partial charge >= 0.3 is 0 Å².